The van der Waals surface area contributed by atoms with Gasteiger partial charge in [-0.15, -0.1) is 0 Å². The van der Waals surface area contributed by atoms with Crippen molar-refractivity contribution in [2.24, 2.45) is 0 Å². The lowest BCUT2D eigenvalue weighted by Gasteiger charge is -2.39. The number of benzene rings is 1. The second-order valence-electron chi connectivity index (χ2n) is 4.73. The molecule has 0 spiro atoms. The summed E-state index contributed by atoms with van der Waals surface area (Å²) < 4.78 is 13.2. The van der Waals surface area contributed by atoms with E-state index in [0.717, 1.165) is 24.5 Å². The number of anilines is 2. The Morgan fingerprint density at radius 1 is 1.44 bits per heavy atom. The van der Waals surface area contributed by atoms with Crippen LogP contribution in [0.25, 0.3) is 0 Å². The number of thioether (sulfide) groups is 1. The molecule has 1 aliphatic heterocycles. The maximum absolute atomic E-state index is 13.0. The molecule has 1 heterocycles. The Bertz CT molecular complexity index is 393. The van der Waals surface area contributed by atoms with Crippen LogP contribution in [0.2, 0.25) is 0 Å². The van der Waals surface area contributed by atoms with Crippen LogP contribution >= 0.6 is 11.8 Å². The van der Waals surface area contributed by atoms with E-state index in [9.17, 15) is 4.39 Å². The van der Waals surface area contributed by atoms with Crippen LogP contribution in [0.3, 0.4) is 0 Å². The molecule has 0 bridgehead atoms. The Labute approximate surface area is 100 Å². The minimum atomic E-state index is -0.271. The molecule has 0 radical (unpaired) electrons. The number of nitrogens with two attached hydrogens (primary N) is 1. The number of rotatable bonds is 1. The fourth-order valence-corrected chi connectivity index (χ4v) is 3.15. The number of hydrogen-bond donors (Lipinski definition) is 1. The fourth-order valence-electron chi connectivity index (χ4n) is 2.04. The molecule has 0 aromatic heterocycles. The van der Waals surface area contributed by atoms with E-state index in [2.05, 4.69) is 18.7 Å². The highest BCUT2D eigenvalue weighted by Gasteiger charge is 2.27. The first-order chi connectivity index (χ1) is 7.48. The van der Waals surface area contributed by atoms with Crippen LogP contribution in [0.15, 0.2) is 18.2 Å². The van der Waals surface area contributed by atoms with E-state index >= 15 is 0 Å². The summed E-state index contributed by atoms with van der Waals surface area (Å²) in [5, 5.41) is 0. The van der Waals surface area contributed by atoms with Gasteiger partial charge < -0.3 is 10.6 Å². The predicted molar refractivity (Wildman–Crippen MR) is 69.6 cm³/mol. The summed E-state index contributed by atoms with van der Waals surface area (Å²) in [4.78, 5) is 2.24. The highest BCUT2D eigenvalue weighted by Crippen LogP contribution is 2.34. The van der Waals surface area contributed by atoms with Gasteiger partial charge in [-0.2, -0.15) is 11.8 Å². The molecule has 16 heavy (non-hydrogen) atoms. The van der Waals surface area contributed by atoms with E-state index < -0.39 is 0 Å². The first kappa shape index (κ1) is 11.6. The van der Waals surface area contributed by atoms with E-state index in [1.807, 2.05) is 11.8 Å². The van der Waals surface area contributed by atoms with Crippen molar-refractivity contribution in [3.05, 3.63) is 24.0 Å². The van der Waals surface area contributed by atoms with Crippen molar-refractivity contribution < 1.29 is 4.39 Å². The largest absolute Gasteiger partial charge is 0.397 e. The number of hydrogen-bond acceptors (Lipinski definition) is 3. The van der Waals surface area contributed by atoms with Crippen molar-refractivity contribution in [1.29, 1.82) is 0 Å². The monoisotopic (exact) mass is 240 g/mol. The minimum Gasteiger partial charge on any atom is -0.397 e. The van der Waals surface area contributed by atoms with Crippen molar-refractivity contribution in [2.45, 2.75) is 18.6 Å². The Hall–Kier alpha value is -0.900. The highest BCUT2D eigenvalue weighted by molar-refractivity contribution is 8.00. The summed E-state index contributed by atoms with van der Waals surface area (Å²) in [6.07, 6.45) is 0. The van der Waals surface area contributed by atoms with Crippen LogP contribution in [-0.4, -0.2) is 23.6 Å². The third-order valence-corrected chi connectivity index (χ3v) is 4.05. The zero-order chi connectivity index (χ0) is 11.8. The number of nitrogens with zero attached hydrogens (tertiary/aromatic N) is 1. The second-order valence-corrected chi connectivity index (χ2v) is 6.53. The first-order valence-electron chi connectivity index (χ1n) is 5.42. The number of halogens is 1. The van der Waals surface area contributed by atoms with Gasteiger partial charge in [0, 0.05) is 23.6 Å². The molecule has 1 fully saturated rings. The van der Waals surface area contributed by atoms with Crippen molar-refractivity contribution in [3.8, 4) is 0 Å². The van der Waals surface area contributed by atoms with Crippen molar-refractivity contribution in [3.63, 3.8) is 0 Å². The van der Waals surface area contributed by atoms with Crippen LogP contribution in [0, 0.1) is 5.82 Å². The summed E-state index contributed by atoms with van der Waals surface area (Å²) in [7, 11) is 0. The summed E-state index contributed by atoms with van der Waals surface area (Å²) in [6.45, 7) is 6.38. The lowest BCUT2D eigenvalue weighted by molar-refractivity contribution is 0.625. The standard InChI is InChI=1S/C12H17FN2S/c1-12(2)8-15(5-6-16-12)11-4-3-9(13)7-10(11)14/h3-4,7H,5-6,8,14H2,1-2H3. The van der Waals surface area contributed by atoms with Gasteiger partial charge in [0.2, 0.25) is 0 Å². The Morgan fingerprint density at radius 3 is 2.81 bits per heavy atom. The van der Waals surface area contributed by atoms with Gasteiger partial charge in [-0.25, -0.2) is 4.39 Å². The molecule has 2 rings (SSSR count). The third kappa shape index (κ3) is 2.43. The van der Waals surface area contributed by atoms with Crippen LogP contribution in [0.4, 0.5) is 15.8 Å². The topological polar surface area (TPSA) is 29.3 Å². The van der Waals surface area contributed by atoms with Gasteiger partial charge >= 0.3 is 0 Å². The first-order valence-corrected chi connectivity index (χ1v) is 6.40. The van der Waals surface area contributed by atoms with Gasteiger partial charge in [-0.05, 0) is 32.0 Å². The smallest absolute Gasteiger partial charge is 0.125 e. The van der Waals surface area contributed by atoms with Gasteiger partial charge in [-0.3, -0.25) is 0 Å². The molecule has 1 aromatic carbocycles. The normalized spacial score (nSPS) is 19.8. The second kappa shape index (κ2) is 4.17. The molecule has 0 atom stereocenters. The van der Waals surface area contributed by atoms with Crippen LogP contribution in [-0.2, 0) is 0 Å². The van der Waals surface area contributed by atoms with E-state index in [1.54, 1.807) is 6.07 Å². The molecule has 1 aliphatic rings. The molecule has 0 amide bonds. The van der Waals surface area contributed by atoms with E-state index in [-0.39, 0.29) is 10.6 Å². The highest BCUT2D eigenvalue weighted by atomic mass is 32.2. The Kier molecular flexibility index (Phi) is 3.02. The van der Waals surface area contributed by atoms with Crippen LogP contribution in [0.5, 0.6) is 0 Å². The number of nitrogen functional groups attached to an aromatic ring is 1. The molecule has 0 aliphatic carbocycles. The molecular weight excluding hydrogens is 223 g/mol. The summed E-state index contributed by atoms with van der Waals surface area (Å²) >= 11 is 1.97. The van der Waals surface area contributed by atoms with Gasteiger partial charge in [0.1, 0.15) is 5.82 Å². The molecule has 1 saturated heterocycles. The van der Waals surface area contributed by atoms with Crippen molar-refractivity contribution in [2.75, 3.05) is 29.5 Å². The van der Waals surface area contributed by atoms with Crippen molar-refractivity contribution >= 4 is 23.1 Å². The molecule has 0 unspecified atom stereocenters. The van der Waals surface area contributed by atoms with E-state index in [4.69, 9.17) is 5.73 Å². The fraction of sp³-hybridized carbons (Fsp3) is 0.500. The van der Waals surface area contributed by atoms with Gasteiger partial charge in [-0.1, -0.05) is 0 Å². The Morgan fingerprint density at radius 2 is 2.19 bits per heavy atom. The third-order valence-electron chi connectivity index (χ3n) is 2.76. The lowest BCUT2D eigenvalue weighted by atomic mass is 10.1. The molecule has 2 N–H and O–H groups in total. The molecule has 0 saturated carbocycles. The van der Waals surface area contributed by atoms with Gasteiger partial charge in [0.05, 0.1) is 11.4 Å². The zero-order valence-electron chi connectivity index (χ0n) is 9.66. The maximum Gasteiger partial charge on any atom is 0.125 e. The molecule has 2 nitrogen and oxygen atoms in total. The summed E-state index contributed by atoms with van der Waals surface area (Å²) in [5.74, 6) is 0.816. The van der Waals surface area contributed by atoms with Gasteiger partial charge in [0.25, 0.3) is 0 Å². The van der Waals surface area contributed by atoms with Crippen molar-refractivity contribution in [1.82, 2.24) is 0 Å². The SMILES string of the molecule is CC1(C)CN(c2ccc(F)cc2N)CCS1. The molecular formula is C12H17FN2S. The summed E-state index contributed by atoms with van der Waals surface area (Å²) in [6, 6.07) is 4.64. The maximum atomic E-state index is 13.0. The lowest BCUT2D eigenvalue weighted by Crippen LogP contribution is -2.43. The minimum absolute atomic E-state index is 0.235. The van der Waals surface area contributed by atoms with Crippen LogP contribution in [0.1, 0.15) is 13.8 Å². The summed E-state index contributed by atoms with van der Waals surface area (Å²) in [5.41, 5.74) is 7.34. The van der Waals surface area contributed by atoms with Crippen LogP contribution < -0.4 is 10.6 Å². The Balaban J connectivity index is 2.23. The average Bonchev–Trinajstić information content (AvgIpc) is 2.15. The van der Waals surface area contributed by atoms with E-state index in [0.29, 0.717) is 5.69 Å². The van der Waals surface area contributed by atoms with E-state index in [1.165, 1.54) is 12.1 Å². The average molecular weight is 240 g/mol. The van der Waals surface area contributed by atoms with Gasteiger partial charge in [0.15, 0.2) is 0 Å². The molecule has 1 aromatic rings. The quantitative estimate of drug-likeness (QED) is 0.765. The molecule has 4 heteroatoms. The predicted octanol–water partition coefficient (Wildman–Crippen LogP) is 2.74. The zero-order valence-corrected chi connectivity index (χ0v) is 10.5. The molecule has 88 valence electrons.